The minimum absolute atomic E-state index is 0.0139. The second kappa shape index (κ2) is 10.3. The Bertz CT molecular complexity index is 1880. The summed E-state index contributed by atoms with van der Waals surface area (Å²) in [6, 6.07) is 12.9. The third-order valence-electron chi connectivity index (χ3n) is 8.07. The third-order valence-corrected chi connectivity index (χ3v) is 8.07. The number of hydrazine groups is 2. The largest absolute Gasteiger partial charge is 0.413 e. The molecule has 0 amide bonds. The van der Waals surface area contributed by atoms with Crippen LogP contribution in [0, 0.1) is 28.1 Å². The van der Waals surface area contributed by atoms with Gasteiger partial charge in [-0.25, -0.2) is 0 Å². The molecule has 0 spiro atoms. The molecule has 0 saturated heterocycles. The predicted molar refractivity (Wildman–Crippen MR) is 160 cm³/mol. The lowest BCUT2D eigenvalue weighted by Crippen LogP contribution is -2.52. The molecule has 1 aliphatic heterocycles. The van der Waals surface area contributed by atoms with Gasteiger partial charge in [0.2, 0.25) is 0 Å². The van der Waals surface area contributed by atoms with Gasteiger partial charge in [0.25, 0.3) is 0 Å². The number of alkyl halides is 3. The third kappa shape index (κ3) is 4.99. The monoisotopic (exact) mass is 600 g/mol. The smallest absolute Gasteiger partial charge is 0.383 e. The average molecular weight is 601 g/mol. The zero-order valence-corrected chi connectivity index (χ0v) is 24.6. The van der Waals surface area contributed by atoms with Crippen molar-refractivity contribution in [3.8, 4) is 12.1 Å². The molecule has 13 heteroatoms. The molecule has 1 fully saturated rings. The Morgan fingerprint density at radius 2 is 1.82 bits per heavy atom. The number of nitriles is 2. The number of nitrogens with zero attached hydrogens (tertiary/aromatic N) is 6. The summed E-state index contributed by atoms with van der Waals surface area (Å²) in [6.45, 7) is 6.76. The Hall–Kier alpha value is -5.01. The van der Waals surface area contributed by atoms with Crippen LogP contribution in [0.2, 0.25) is 0 Å². The van der Waals surface area contributed by atoms with Crippen molar-refractivity contribution in [2.75, 3.05) is 17.2 Å². The highest BCUT2D eigenvalue weighted by Crippen LogP contribution is 2.54. The van der Waals surface area contributed by atoms with Crippen molar-refractivity contribution in [3.63, 3.8) is 0 Å². The quantitative estimate of drug-likeness (QED) is 0.210. The number of aryl methyl sites for hydroxylation is 1. The van der Waals surface area contributed by atoms with Gasteiger partial charge in [-0.3, -0.25) is 14.7 Å². The van der Waals surface area contributed by atoms with E-state index in [1.54, 1.807) is 16.9 Å². The maximum absolute atomic E-state index is 14.0. The second-order valence-corrected chi connectivity index (χ2v) is 12.5. The summed E-state index contributed by atoms with van der Waals surface area (Å²) >= 11 is 0. The van der Waals surface area contributed by atoms with Gasteiger partial charge in [0.05, 0.1) is 45.8 Å². The van der Waals surface area contributed by atoms with Gasteiger partial charge >= 0.3 is 6.18 Å². The number of nitrogens with one attached hydrogen (secondary N) is 4. The first-order valence-electron chi connectivity index (χ1n) is 14.1. The fourth-order valence-corrected chi connectivity index (χ4v) is 5.53. The molecule has 44 heavy (non-hydrogen) atoms. The SMILES string of the molecule is Cn1ncc2c([C@H](Nc3cc(C#N)c4ncc(C#N)c(NCC(C)(C)C)c4c3)C3=CN(C4(C(F)(F)F)CC4)NN3)cccc21. The van der Waals surface area contributed by atoms with E-state index < -0.39 is 17.8 Å². The van der Waals surface area contributed by atoms with Crippen molar-refractivity contribution >= 4 is 33.2 Å². The van der Waals surface area contributed by atoms with Crippen molar-refractivity contribution in [1.29, 1.82) is 10.5 Å². The molecule has 226 valence electrons. The number of hydrogen-bond donors (Lipinski definition) is 4. The van der Waals surface area contributed by atoms with E-state index in [0.29, 0.717) is 40.1 Å². The van der Waals surface area contributed by atoms with Gasteiger partial charge in [-0.05, 0) is 42.0 Å². The van der Waals surface area contributed by atoms with Gasteiger partial charge in [-0.2, -0.15) is 28.8 Å². The van der Waals surface area contributed by atoms with Crippen LogP contribution in [0.1, 0.15) is 56.3 Å². The highest BCUT2D eigenvalue weighted by atomic mass is 19.4. The summed E-state index contributed by atoms with van der Waals surface area (Å²) in [7, 11) is 1.82. The zero-order valence-electron chi connectivity index (χ0n) is 24.6. The van der Waals surface area contributed by atoms with Gasteiger partial charge in [0.15, 0.2) is 5.54 Å². The van der Waals surface area contributed by atoms with E-state index >= 15 is 0 Å². The summed E-state index contributed by atoms with van der Waals surface area (Å²) in [4.78, 5) is 4.42. The summed E-state index contributed by atoms with van der Waals surface area (Å²) in [5, 5.41) is 33.7. The number of pyridine rings is 1. The molecule has 4 aromatic rings. The number of rotatable bonds is 7. The topological polar surface area (TPSA) is 130 Å². The number of benzene rings is 2. The number of aromatic nitrogens is 3. The second-order valence-electron chi connectivity index (χ2n) is 12.5. The van der Waals surface area contributed by atoms with Crippen LogP contribution in [-0.4, -0.2) is 38.0 Å². The van der Waals surface area contributed by atoms with E-state index in [-0.39, 0.29) is 23.8 Å². The molecule has 10 nitrogen and oxygen atoms in total. The molecule has 2 aromatic carbocycles. The van der Waals surface area contributed by atoms with E-state index in [1.807, 2.05) is 31.3 Å². The highest BCUT2D eigenvalue weighted by Gasteiger charge is 2.67. The van der Waals surface area contributed by atoms with Crippen molar-refractivity contribution in [2.45, 2.75) is 51.4 Å². The fourth-order valence-electron chi connectivity index (χ4n) is 5.53. The maximum Gasteiger partial charge on any atom is 0.413 e. The van der Waals surface area contributed by atoms with Crippen LogP contribution >= 0.6 is 0 Å². The Morgan fingerprint density at radius 1 is 1.07 bits per heavy atom. The maximum atomic E-state index is 14.0. The normalized spacial score (nSPS) is 16.7. The Labute approximate surface area is 252 Å². The molecule has 4 N–H and O–H groups in total. The first-order valence-corrected chi connectivity index (χ1v) is 14.1. The molecule has 0 radical (unpaired) electrons. The molecule has 2 aromatic heterocycles. The zero-order chi connectivity index (χ0) is 31.4. The first-order chi connectivity index (χ1) is 20.8. The number of hydrogen-bond acceptors (Lipinski definition) is 9. The molecule has 2 aliphatic rings. The van der Waals surface area contributed by atoms with E-state index in [2.05, 4.69) is 64.6 Å². The molecular weight excluding hydrogens is 569 g/mol. The van der Waals surface area contributed by atoms with Crippen LogP contribution < -0.4 is 21.6 Å². The molecule has 6 rings (SSSR count). The lowest BCUT2D eigenvalue weighted by molar-refractivity contribution is -0.195. The van der Waals surface area contributed by atoms with Crippen LogP contribution in [0.25, 0.3) is 21.8 Å². The van der Waals surface area contributed by atoms with Gasteiger partial charge in [0, 0.05) is 42.4 Å². The molecular formula is C31H31F3N10. The number of anilines is 2. The van der Waals surface area contributed by atoms with E-state index in [4.69, 9.17) is 0 Å². The Morgan fingerprint density at radius 3 is 2.48 bits per heavy atom. The lowest BCUT2D eigenvalue weighted by Gasteiger charge is -2.28. The van der Waals surface area contributed by atoms with Crippen molar-refractivity contribution < 1.29 is 13.2 Å². The molecule has 1 saturated carbocycles. The van der Waals surface area contributed by atoms with E-state index in [0.717, 1.165) is 21.5 Å². The Kier molecular flexibility index (Phi) is 6.82. The number of halogens is 3. The molecule has 1 atom stereocenters. The highest BCUT2D eigenvalue weighted by molar-refractivity contribution is 5.99. The van der Waals surface area contributed by atoms with E-state index in [1.165, 1.54) is 12.4 Å². The van der Waals surface area contributed by atoms with Crippen molar-refractivity contribution in [1.82, 2.24) is 30.7 Å². The van der Waals surface area contributed by atoms with Gasteiger partial charge in [-0.15, -0.1) is 5.53 Å². The van der Waals surface area contributed by atoms with Crippen LogP contribution in [-0.2, 0) is 7.05 Å². The minimum atomic E-state index is -4.41. The summed E-state index contributed by atoms with van der Waals surface area (Å²) < 4.78 is 43.7. The molecule has 0 unspecified atom stereocenters. The predicted octanol–water partition coefficient (Wildman–Crippen LogP) is 5.74. The number of fused-ring (bicyclic) bond motifs is 2. The van der Waals surface area contributed by atoms with Crippen LogP contribution in [0.3, 0.4) is 0 Å². The van der Waals surface area contributed by atoms with Crippen molar-refractivity contribution in [2.24, 2.45) is 12.5 Å². The van der Waals surface area contributed by atoms with E-state index in [9.17, 15) is 23.7 Å². The van der Waals surface area contributed by atoms with Gasteiger partial charge in [0.1, 0.15) is 12.1 Å². The van der Waals surface area contributed by atoms with Crippen molar-refractivity contribution in [3.05, 3.63) is 71.3 Å². The van der Waals surface area contributed by atoms with Crippen LogP contribution in [0.4, 0.5) is 24.5 Å². The first kappa shape index (κ1) is 29.1. The van der Waals surface area contributed by atoms with Crippen LogP contribution in [0.15, 0.2) is 54.6 Å². The summed E-state index contributed by atoms with van der Waals surface area (Å²) in [6.07, 6.45) is 0.180. The fraction of sp³-hybridized carbons (Fsp3) is 0.355. The van der Waals surface area contributed by atoms with Gasteiger partial charge < -0.3 is 16.1 Å². The Balaban J connectivity index is 1.49. The molecule has 1 aliphatic carbocycles. The average Bonchev–Trinajstić information content (AvgIpc) is 3.52. The molecule has 3 heterocycles. The molecule has 0 bridgehead atoms. The van der Waals surface area contributed by atoms with Gasteiger partial charge in [-0.1, -0.05) is 32.9 Å². The lowest BCUT2D eigenvalue weighted by atomic mass is 9.96. The summed E-state index contributed by atoms with van der Waals surface area (Å²) in [5.41, 5.74) is 7.80. The minimum Gasteiger partial charge on any atom is -0.383 e. The summed E-state index contributed by atoms with van der Waals surface area (Å²) in [5.74, 6) is 0. The standard InChI is InChI=1S/C31H31F3N10/c1-29(2,3)17-38-27-19(13-36)14-37-26-18(12-35)10-20(11-22(26)27)40-28(21-6-5-7-25-23(21)15-39-43(25)4)24-16-44(42-41-24)30(8-9-30)31(32,33)34/h5-7,10-11,14-16,28,40-42H,8-9,17H2,1-4H3,(H,37,38)/t28-/m0/s1. The van der Waals surface area contributed by atoms with Crippen LogP contribution in [0.5, 0.6) is 0 Å².